The lowest BCUT2D eigenvalue weighted by Crippen LogP contribution is -2.09. The molecule has 3 rings (SSSR count). The summed E-state index contributed by atoms with van der Waals surface area (Å²) in [6, 6.07) is 8.59. The Morgan fingerprint density at radius 1 is 1.15 bits per heavy atom. The molecule has 20 heavy (non-hydrogen) atoms. The van der Waals surface area contributed by atoms with Gasteiger partial charge in [0.15, 0.2) is 11.5 Å². The van der Waals surface area contributed by atoms with E-state index >= 15 is 0 Å². The van der Waals surface area contributed by atoms with Gasteiger partial charge in [-0.2, -0.15) is 0 Å². The van der Waals surface area contributed by atoms with Crippen molar-refractivity contribution in [2.75, 3.05) is 6.79 Å². The topological polar surface area (TPSA) is 44.8 Å². The van der Waals surface area contributed by atoms with Crippen molar-refractivity contribution in [3.8, 4) is 17.2 Å². The third kappa shape index (κ3) is 2.46. The van der Waals surface area contributed by atoms with E-state index in [1.807, 2.05) is 0 Å². The molecule has 0 bridgehead atoms. The third-order valence-corrected chi connectivity index (χ3v) is 3.39. The summed E-state index contributed by atoms with van der Waals surface area (Å²) in [6.45, 7) is 0.141. The number of carbonyl (C=O) groups is 1. The highest BCUT2D eigenvalue weighted by Gasteiger charge is 2.17. The number of hydrogen-bond acceptors (Lipinski definition) is 4. The Bertz CT molecular complexity index is 687. The highest BCUT2D eigenvalue weighted by Crippen LogP contribution is 2.35. The van der Waals surface area contributed by atoms with Gasteiger partial charge in [-0.25, -0.2) is 9.18 Å². The van der Waals surface area contributed by atoms with E-state index in [2.05, 4.69) is 15.9 Å². The van der Waals surface area contributed by atoms with Gasteiger partial charge in [-0.05, 0) is 46.3 Å². The molecule has 0 radical (unpaired) electrons. The number of rotatable bonds is 2. The van der Waals surface area contributed by atoms with Crippen LogP contribution in [-0.2, 0) is 0 Å². The molecule has 1 aliphatic heterocycles. The maximum absolute atomic E-state index is 13.2. The summed E-state index contributed by atoms with van der Waals surface area (Å²) in [5.41, 5.74) is 0.114. The molecule has 0 N–H and O–H groups in total. The molecular weight excluding hydrogens is 331 g/mol. The Balaban J connectivity index is 1.84. The van der Waals surface area contributed by atoms with Gasteiger partial charge in [0, 0.05) is 10.5 Å². The smallest absolute Gasteiger partial charge is 0.344 e. The number of halogens is 2. The molecule has 0 fully saturated rings. The summed E-state index contributed by atoms with van der Waals surface area (Å²) in [5.74, 6) is 0.238. The van der Waals surface area contributed by atoms with Gasteiger partial charge in [0.05, 0.1) is 5.56 Å². The summed E-state index contributed by atoms with van der Waals surface area (Å²) < 4.78 is 29.2. The Morgan fingerprint density at radius 2 is 1.95 bits per heavy atom. The zero-order valence-electron chi connectivity index (χ0n) is 10.1. The number of fused-ring (bicyclic) bond motifs is 1. The molecule has 1 aliphatic rings. The number of carbonyl (C=O) groups excluding carboxylic acids is 1. The molecule has 0 saturated heterocycles. The first-order chi connectivity index (χ1) is 9.63. The molecular formula is C14H8BrFO4. The molecule has 0 aliphatic carbocycles. The van der Waals surface area contributed by atoms with Gasteiger partial charge < -0.3 is 14.2 Å². The van der Waals surface area contributed by atoms with Crippen LogP contribution in [0.15, 0.2) is 40.9 Å². The second-order valence-corrected chi connectivity index (χ2v) is 4.88. The highest BCUT2D eigenvalue weighted by atomic mass is 79.9. The van der Waals surface area contributed by atoms with Crippen LogP contribution in [0.5, 0.6) is 17.2 Å². The molecule has 0 atom stereocenters. The van der Waals surface area contributed by atoms with Crippen LogP contribution in [0.3, 0.4) is 0 Å². The number of hydrogen-bond donors (Lipinski definition) is 0. The van der Waals surface area contributed by atoms with Gasteiger partial charge in [-0.15, -0.1) is 0 Å². The van der Waals surface area contributed by atoms with Gasteiger partial charge in [-0.3, -0.25) is 0 Å². The van der Waals surface area contributed by atoms with Crippen LogP contribution in [0.4, 0.5) is 4.39 Å². The molecule has 4 nitrogen and oxygen atoms in total. The largest absolute Gasteiger partial charge is 0.454 e. The SMILES string of the molecule is O=C(Oc1ccc2c(c1)OCO2)c1cc(F)ccc1Br. The maximum Gasteiger partial charge on any atom is 0.344 e. The van der Waals surface area contributed by atoms with Gasteiger partial charge >= 0.3 is 5.97 Å². The standard InChI is InChI=1S/C14H8BrFO4/c15-11-3-1-8(16)5-10(11)14(17)20-9-2-4-12-13(6-9)19-7-18-12/h1-6H,7H2. The minimum atomic E-state index is -0.657. The summed E-state index contributed by atoms with van der Waals surface area (Å²) in [7, 11) is 0. The first kappa shape index (κ1) is 12.9. The second kappa shape index (κ2) is 5.13. The number of esters is 1. The zero-order chi connectivity index (χ0) is 14.1. The Kier molecular flexibility index (Phi) is 3.31. The fraction of sp³-hybridized carbons (Fsp3) is 0.0714. The van der Waals surface area contributed by atoms with E-state index < -0.39 is 11.8 Å². The zero-order valence-corrected chi connectivity index (χ0v) is 11.6. The molecule has 2 aromatic carbocycles. The van der Waals surface area contributed by atoms with Crippen molar-refractivity contribution in [1.29, 1.82) is 0 Å². The van der Waals surface area contributed by atoms with Crippen molar-refractivity contribution in [1.82, 2.24) is 0 Å². The molecule has 0 saturated carbocycles. The molecule has 1 heterocycles. The first-order valence-corrected chi connectivity index (χ1v) is 6.50. The van der Waals surface area contributed by atoms with Crippen LogP contribution >= 0.6 is 15.9 Å². The van der Waals surface area contributed by atoms with Crippen LogP contribution in [0.2, 0.25) is 0 Å². The van der Waals surface area contributed by atoms with E-state index in [1.54, 1.807) is 18.2 Å². The average Bonchev–Trinajstić information content (AvgIpc) is 2.89. The lowest BCUT2D eigenvalue weighted by molar-refractivity contribution is 0.0733. The van der Waals surface area contributed by atoms with Crippen LogP contribution in [0, 0.1) is 5.82 Å². The fourth-order valence-corrected chi connectivity index (χ4v) is 2.16. The lowest BCUT2D eigenvalue weighted by Gasteiger charge is -2.06. The minimum absolute atomic E-state index is 0.114. The van der Waals surface area contributed by atoms with E-state index in [1.165, 1.54) is 12.1 Å². The normalized spacial score (nSPS) is 12.3. The van der Waals surface area contributed by atoms with Gasteiger partial charge in [0.1, 0.15) is 11.6 Å². The molecule has 102 valence electrons. The fourth-order valence-electron chi connectivity index (χ4n) is 1.76. The van der Waals surface area contributed by atoms with Gasteiger partial charge in [-0.1, -0.05) is 0 Å². The van der Waals surface area contributed by atoms with E-state index in [0.717, 1.165) is 6.07 Å². The van der Waals surface area contributed by atoms with Crippen molar-refractivity contribution in [3.05, 3.63) is 52.3 Å². The molecule has 2 aromatic rings. The van der Waals surface area contributed by atoms with Gasteiger partial charge in [0.25, 0.3) is 0 Å². The molecule has 0 amide bonds. The monoisotopic (exact) mass is 338 g/mol. The van der Waals surface area contributed by atoms with E-state index in [4.69, 9.17) is 14.2 Å². The minimum Gasteiger partial charge on any atom is -0.454 e. The molecule has 0 aromatic heterocycles. The Hall–Kier alpha value is -2.08. The van der Waals surface area contributed by atoms with E-state index in [-0.39, 0.29) is 12.4 Å². The molecule has 0 unspecified atom stereocenters. The molecule has 6 heteroatoms. The summed E-state index contributed by atoms with van der Waals surface area (Å²) >= 11 is 3.18. The lowest BCUT2D eigenvalue weighted by atomic mass is 10.2. The molecule has 0 spiro atoms. The Labute approximate surface area is 122 Å². The summed E-state index contributed by atoms with van der Waals surface area (Å²) in [6.07, 6.45) is 0. The third-order valence-electron chi connectivity index (χ3n) is 2.70. The Morgan fingerprint density at radius 3 is 2.80 bits per heavy atom. The predicted molar refractivity (Wildman–Crippen MR) is 71.6 cm³/mol. The van der Waals surface area contributed by atoms with Crippen LogP contribution in [0.1, 0.15) is 10.4 Å². The summed E-state index contributed by atoms with van der Waals surface area (Å²) in [4.78, 5) is 12.0. The van der Waals surface area contributed by atoms with E-state index in [0.29, 0.717) is 21.7 Å². The average molecular weight is 339 g/mol. The first-order valence-electron chi connectivity index (χ1n) is 5.70. The van der Waals surface area contributed by atoms with Crippen LogP contribution in [-0.4, -0.2) is 12.8 Å². The van der Waals surface area contributed by atoms with Crippen molar-refractivity contribution in [2.45, 2.75) is 0 Å². The maximum atomic E-state index is 13.2. The van der Waals surface area contributed by atoms with Crippen molar-refractivity contribution in [3.63, 3.8) is 0 Å². The summed E-state index contributed by atoms with van der Waals surface area (Å²) in [5, 5.41) is 0. The van der Waals surface area contributed by atoms with Gasteiger partial charge in [0.2, 0.25) is 6.79 Å². The predicted octanol–water partition coefficient (Wildman–Crippen LogP) is 3.54. The van der Waals surface area contributed by atoms with E-state index in [9.17, 15) is 9.18 Å². The van der Waals surface area contributed by atoms with Crippen LogP contribution in [0.25, 0.3) is 0 Å². The highest BCUT2D eigenvalue weighted by molar-refractivity contribution is 9.10. The number of benzene rings is 2. The van der Waals surface area contributed by atoms with Crippen molar-refractivity contribution >= 4 is 21.9 Å². The van der Waals surface area contributed by atoms with Crippen molar-refractivity contribution in [2.24, 2.45) is 0 Å². The van der Waals surface area contributed by atoms with Crippen molar-refractivity contribution < 1.29 is 23.4 Å². The number of ether oxygens (including phenoxy) is 3. The second-order valence-electron chi connectivity index (χ2n) is 4.03. The van der Waals surface area contributed by atoms with Crippen LogP contribution < -0.4 is 14.2 Å². The quantitative estimate of drug-likeness (QED) is 0.620.